The molecule has 1 aromatic carbocycles. The molecule has 0 saturated heterocycles. The molecule has 0 saturated carbocycles. The second-order valence-corrected chi connectivity index (χ2v) is 7.71. The summed E-state index contributed by atoms with van der Waals surface area (Å²) in [4.78, 5) is 4.74. The van der Waals surface area contributed by atoms with E-state index < -0.39 is 0 Å². The fourth-order valence-electron chi connectivity index (χ4n) is 2.45. The van der Waals surface area contributed by atoms with Crippen LogP contribution >= 0.6 is 0 Å². The Morgan fingerprint density at radius 2 is 1.70 bits per heavy atom. The van der Waals surface area contributed by atoms with Gasteiger partial charge in [0.25, 0.3) is 0 Å². The van der Waals surface area contributed by atoms with E-state index in [1.165, 1.54) is 27.5 Å². The molecule has 1 heteroatoms. The van der Waals surface area contributed by atoms with Crippen molar-refractivity contribution < 1.29 is 0 Å². The van der Waals surface area contributed by atoms with E-state index in [1.54, 1.807) is 0 Å². The van der Waals surface area contributed by atoms with Gasteiger partial charge in [0, 0.05) is 11.6 Å². The smallest absolute Gasteiger partial charge is 0.0779 e. The summed E-state index contributed by atoms with van der Waals surface area (Å²) in [5.74, 6) is 0.495. The number of allylic oxidation sites excluding steroid dienone is 4. The highest BCUT2D eigenvalue weighted by Gasteiger charge is 2.17. The van der Waals surface area contributed by atoms with E-state index in [9.17, 15) is 0 Å². The molecular formula is C22H29N. The molecule has 0 aliphatic rings. The molecule has 0 amide bonds. The van der Waals surface area contributed by atoms with Gasteiger partial charge in [0.1, 0.15) is 0 Å². The maximum absolute atomic E-state index is 4.74. The van der Waals surface area contributed by atoms with E-state index in [2.05, 4.69) is 84.9 Å². The largest absolute Gasteiger partial charge is 0.256 e. The molecule has 0 spiro atoms. The lowest BCUT2D eigenvalue weighted by molar-refractivity contribution is 0.504. The molecule has 0 aliphatic carbocycles. The number of nitrogens with zero attached hydrogens (tertiary/aromatic N) is 1. The van der Waals surface area contributed by atoms with E-state index in [1.807, 2.05) is 6.20 Å². The van der Waals surface area contributed by atoms with Crippen LogP contribution in [0, 0.1) is 11.3 Å². The van der Waals surface area contributed by atoms with Gasteiger partial charge in [0.15, 0.2) is 0 Å². The molecule has 2 aromatic rings. The molecule has 0 bridgehead atoms. The van der Waals surface area contributed by atoms with Gasteiger partial charge in [-0.15, -0.1) is 0 Å². The summed E-state index contributed by atoms with van der Waals surface area (Å²) >= 11 is 0. The summed E-state index contributed by atoms with van der Waals surface area (Å²) in [5.41, 5.74) is 5.29. The minimum absolute atomic E-state index is 0.160. The minimum Gasteiger partial charge on any atom is -0.256 e. The first-order valence-corrected chi connectivity index (χ1v) is 8.45. The molecule has 1 heterocycles. The molecule has 23 heavy (non-hydrogen) atoms. The van der Waals surface area contributed by atoms with E-state index in [-0.39, 0.29) is 5.41 Å². The summed E-state index contributed by atoms with van der Waals surface area (Å²) in [6.45, 7) is 15.7. The van der Waals surface area contributed by atoms with Crippen molar-refractivity contribution in [3.05, 3.63) is 59.4 Å². The zero-order chi connectivity index (χ0) is 17.2. The summed E-state index contributed by atoms with van der Waals surface area (Å²) in [6, 6.07) is 10.6. The van der Waals surface area contributed by atoms with Crippen LogP contribution in [0.1, 0.15) is 54.2 Å². The Hall–Kier alpha value is -1.89. The van der Waals surface area contributed by atoms with Crippen molar-refractivity contribution >= 4 is 16.3 Å². The Morgan fingerprint density at radius 3 is 2.30 bits per heavy atom. The molecule has 0 radical (unpaired) electrons. The molecule has 122 valence electrons. The molecule has 1 aromatic heterocycles. The second kappa shape index (κ2) is 6.70. The average Bonchev–Trinajstić information content (AvgIpc) is 2.50. The van der Waals surface area contributed by atoms with Gasteiger partial charge < -0.3 is 0 Å². The Labute approximate surface area is 141 Å². The highest BCUT2D eigenvalue weighted by Crippen LogP contribution is 2.33. The van der Waals surface area contributed by atoms with Crippen LogP contribution in [-0.2, 0) is 0 Å². The van der Waals surface area contributed by atoms with E-state index in [4.69, 9.17) is 4.98 Å². The summed E-state index contributed by atoms with van der Waals surface area (Å²) < 4.78 is 0. The van der Waals surface area contributed by atoms with Crippen molar-refractivity contribution in [2.24, 2.45) is 11.3 Å². The van der Waals surface area contributed by atoms with Crippen LogP contribution in [0.2, 0.25) is 0 Å². The first-order chi connectivity index (χ1) is 10.7. The molecule has 0 unspecified atom stereocenters. The number of benzene rings is 1. The van der Waals surface area contributed by atoms with Gasteiger partial charge in [0.05, 0.1) is 5.69 Å². The third kappa shape index (κ3) is 3.90. The second-order valence-electron chi connectivity index (χ2n) is 7.71. The van der Waals surface area contributed by atoms with Crippen LogP contribution in [0.3, 0.4) is 0 Å². The van der Waals surface area contributed by atoms with Crippen LogP contribution in [0.4, 0.5) is 0 Å². The Bertz CT molecular complexity index is 750. The first-order valence-electron chi connectivity index (χ1n) is 8.45. The number of fused-ring (bicyclic) bond motifs is 1. The van der Waals surface area contributed by atoms with Gasteiger partial charge in [-0.25, -0.2) is 0 Å². The van der Waals surface area contributed by atoms with Crippen LogP contribution in [0.25, 0.3) is 16.3 Å². The molecule has 0 aliphatic heterocycles. The maximum atomic E-state index is 4.74. The summed E-state index contributed by atoms with van der Waals surface area (Å²) in [5, 5.41) is 2.47. The van der Waals surface area contributed by atoms with Crippen molar-refractivity contribution in [3.8, 4) is 0 Å². The van der Waals surface area contributed by atoms with Gasteiger partial charge in [-0.3, -0.25) is 4.98 Å². The highest BCUT2D eigenvalue weighted by atomic mass is 14.7. The number of hydrogen-bond acceptors (Lipinski definition) is 1. The van der Waals surface area contributed by atoms with E-state index in [0.717, 1.165) is 5.69 Å². The van der Waals surface area contributed by atoms with Crippen LogP contribution in [0.15, 0.2) is 53.8 Å². The minimum atomic E-state index is 0.160. The van der Waals surface area contributed by atoms with Crippen LogP contribution < -0.4 is 0 Å². The number of hydrogen-bond donors (Lipinski definition) is 0. The van der Waals surface area contributed by atoms with Gasteiger partial charge in [0.2, 0.25) is 0 Å². The quantitative estimate of drug-likeness (QED) is 0.578. The van der Waals surface area contributed by atoms with Crippen molar-refractivity contribution in [2.45, 2.75) is 48.5 Å². The monoisotopic (exact) mass is 307 g/mol. The summed E-state index contributed by atoms with van der Waals surface area (Å²) in [7, 11) is 0. The zero-order valence-electron chi connectivity index (χ0n) is 15.6. The van der Waals surface area contributed by atoms with E-state index in [0.29, 0.717) is 5.92 Å². The molecular weight excluding hydrogens is 278 g/mol. The normalized spacial score (nSPS) is 14.3. The third-order valence-electron chi connectivity index (χ3n) is 4.76. The third-order valence-corrected chi connectivity index (χ3v) is 4.76. The standard InChI is InChI=1S/C22H29N/c1-15(2)17(4)20(14-16(3)22(5,6)7)21-19-11-9-8-10-18(19)12-13-23-21/h8-15H,1-7H3/b16-14+,20-17-. The molecule has 2 rings (SSSR count). The fraction of sp³-hybridized carbons (Fsp3) is 0.409. The maximum Gasteiger partial charge on any atom is 0.0779 e. The predicted molar refractivity (Wildman–Crippen MR) is 102 cm³/mol. The number of aromatic nitrogens is 1. The zero-order valence-corrected chi connectivity index (χ0v) is 15.6. The molecule has 0 N–H and O–H groups in total. The number of pyridine rings is 1. The molecule has 1 nitrogen and oxygen atoms in total. The van der Waals surface area contributed by atoms with Crippen LogP contribution in [0.5, 0.6) is 0 Å². The molecule has 0 atom stereocenters. The lowest BCUT2D eigenvalue weighted by Crippen LogP contribution is -2.07. The van der Waals surface area contributed by atoms with Crippen molar-refractivity contribution in [3.63, 3.8) is 0 Å². The Kier molecular flexibility index (Phi) is 5.09. The average molecular weight is 307 g/mol. The van der Waals surface area contributed by atoms with Crippen molar-refractivity contribution in [1.82, 2.24) is 4.98 Å². The lowest BCUT2D eigenvalue weighted by atomic mass is 9.84. The van der Waals surface area contributed by atoms with Gasteiger partial charge in [-0.05, 0) is 42.2 Å². The van der Waals surface area contributed by atoms with Gasteiger partial charge in [-0.2, -0.15) is 0 Å². The Morgan fingerprint density at radius 1 is 1.04 bits per heavy atom. The molecule has 0 fully saturated rings. The van der Waals surface area contributed by atoms with Crippen molar-refractivity contribution in [2.75, 3.05) is 0 Å². The lowest BCUT2D eigenvalue weighted by Gasteiger charge is -2.22. The van der Waals surface area contributed by atoms with Gasteiger partial charge in [-0.1, -0.05) is 76.1 Å². The summed E-state index contributed by atoms with van der Waals surface area (Å²) in [6.07, 6.45) is 4.26. The number of rotatable bonds is 3. The predicted octanol–water partition coefficient (Wildman–Crippen LogP) is 6.66. The Balaban J connectivity index is 2.75. The van der Waals surface area contributed by atoms with Crippen molar-refractivity contribution in [1.29, 1.82) is 0 Å². The first kappa shape index (κ1) is 17.5. The van der Waals surface area contributed by atoms with Crippen LogP contribution in [-0.4, -0.2) is 4.98 Å². The van der Waals surface area contributed by atoms with E-state index >= 15 is 0 Å². The topological polar surface area (TPSA) is 12.9 Å². The fourth-order valence-corrected chi connectivity index (χ4v) is 2.45. The SMILES string of the molecule is C/C(=C(\C=C(/C)C(C)(C)C)c1nccc2ccccc12)C(C)C. The highest BCUT2D eigenvalue weighted by molar-refractivity contribution is 5.95. The van der Waals surface area contributed by atoms with Gasteiger partial charge >= 0.3 is 0 Å².